The average molecular weight is 392 g/mol. The number of carbonyl (C=O) groups excluding carboxylic acids is 2. The van der Waals surface area contributed by atoms with Crippen molar-refractivity contribution in [2.24, 2.45) is 0 Å². The lowest BCUT2D eigenvalue weighted by Crippen LogP contribution is -2.46. The molecular formula is C20H24O8. The number of ether oxygens (including phenoxy) is 4. The first kappa shape index (κ1) is 20.2. The minimum Gasteiger partial charge on any atom is -0.507 e. The Balaban J connectivity index is 2.09. The van der Waals surface area contributed by atoms with Crippen LogP contribution < -0.4 is 9.47 Å². The number of methoxy groups -OCH3 is 2. The van der Waals surface area contributed by atoms with Crippen LogP contribution in [0.4, 0.5) is 0 Å². The largest absolute Gasteiger partial charge is 0.507 e. The molecule has 2 heterocycles. The van der Waals surface area contributed by atoms with Gasteiger partial charge >= 0.3 is 5.97 Å². The van der Waals surface area contributed by atoms with Gasteiger partial charge in [0.25, 0.3) is 0 Å². The van der Waals surface area contributed by atoms with Gasteiger partial charge in [0.2, 0.25) is 0 Å². The average Bonchev–Trinajstić information content (AvgIpc) is 2.63. The molecule has 4 atom stereocenters. The second-order valence-corrected chi connectivity index (χ2v) is 6.92. The molecule has 28 heavy (non-hydrogen) atoms. The van der Waals surface area contributed by atoms with Crippen molar-refractivity contribution in [1.29, 1.82) is 0 Å². The Kier molecular flexibility index (Phi) is 5.90. The Labute approximate surface area is 162 Å². The summed E-state index contributed by atoms with van der Waals surface area (Å²) >= 11 is 0. The Hall–Kier alpha value is -2.58. The number of rotatable bonds is 2. The number of esters is 1. The topological polar surface area (TPSA) is 112 Å². The van der Waals surface area contributed by atoms with E-state index >= 15 is 0 Å². The summed E-state index contributed by atoms with van der Waals surface area (Å²) < 4.78 is 21.9. The minimum atomic E-state index is -1.21. The number of aromatic hydroxyl groups is 1. The Bertz CT molecular complexity index is 800. The second kappa shape index (κ2) is 8.20. The molecule has 0 saturated carbocycles. The van der Waals surface area contributed by atoms with Gasteiger partial charge in [-0.3, -0.25) is 4.79 Å². The monoisotopic (exact) mass is 392 g/mol. The zero-order chi connectivity index (χ0) is 20.4. The quantitative estimate of drug-likeness (QED) is 0.734. The fraction of sp³-hybridized carbons (Fsp3) is 0.500. The molecule has 8 nitrogen and oxygen atoms in total. The van der Waals surface area contributed by atoms with E-state index in [1.54, 1.807) is 19.1 Å². The highest BCUT2D eigenvalue weighted by molar-refractivity contribution is 5.98. The van der Waals surface area contributed by atoms with Crippen LogP contribution in [0.3, 0.4) is 0 Å². The lowest BCUT2D eigenvalue weighted by Gasteiger charge is -2.33. The number of phenolic OH excluding ortho intramolecular Hbond substituents is 1. The van der Waals surface area contributed by atoms with Crippen molar-refractivity contribution < 1.29 is 38.7 Å². The Morgan fingerprint density at radius 3 is 2.64 bits per heavy atom. The highest BCUT2D eigenvalue weighted by atomic mass is 16.6. The first-order chi connectivity index (χ1) is 13.3. The first-order valence-corrected chi connectivity index (χ1v) is 9.07. The highest BCUT2D eigenvalue weighted by Gasteiger charge is 2.37. The van der Waals surface area contributed by atoms with Crippen molar-refractivity contribution in [3.05, 3.63) is 23.3 Å². The van der Waals surface area contributed by atoms with Crippen LogP contribution in [0.2, 0.25) is 0 Å². The van der Waals surface area contributed by atoms with Gasteiger partial charge in [-0.25, -0.2) is 4.79 Å². The molecule has 152 valence electrons. The molecule has 2 aliphatic rings. The lowest BCUT2D eigenvalue weighted by molar-refractivity contribution is -0.159. The normalized spacial score (nSPS) is 27.9. The molecule has 2 bridgehead atoms. The summed E-state index contributed by atoms with van der Waals surface area (Å²) in [5.41, 5.74) is 0.245. The standard InChI is InChI=1S/C20H24O8/c1-10-7-11-8-14(22)18(23)15(28-11)6-4-5-12-17(20(24)27-10)13(21)9-16(25-2)19(12)26-3/h4-5,9-11,15,18,21,23H,6-8H2,1-3H3/t10-,11-,15-,18+/m0/s1. The number of benzene rings is 1. The van der Waals surface area contributed by atoms with Gasteiger partial charge in [0, 0.05) is 24.5 Å². The van der Waals surface area contributed by atoms with Gasteiger partial charge in [0.1, 0.15) is 23.5 Å². The summed E-state index contributed by atoms with van der Waals surface area (Å²) in [6, 6.07) is 1.30. The van der Waals surface area contributed by atoms with Crippen molar-refractivity contribution in [2.75, 3.05) is 14.2 Å². The molecule has 1 fully saturated rings. The van der Waals surface area contributed by atoms with Crippen LogP contribution >= 0.6 is 0 Å². The number of cyclic esters (lactones) is 1. The van der Waals surface area contributed by atoms with Crippen LogP contribution in [0.5, 0.6) is 17.2 Å². The summed E-state index contributed by atoms with van der Waals surface area (Å²) in [5, 5.41) is 20.6. The van der Waals surface area contributed by atoms with E-state index in [9.17, 15) is 19.8 Å². The number of fused-ring (bicyclic) bond motifs is 3. The van der Waals surface area contributed by atoms with Crippen molar-refractivity contribution >= 4 is 17.8 Å². The fourth-order valence-corrected chi connectivity index (χ4v) is 3.61. The summed E-state index contributed by atoms with van der Waals surface area (Å²) in [6.45, 7) is 1.69. The third-order valence-corrected chi connectivity index (χ3v) is 4.92. The molecule has 0 amide bonds. The molecule has 0 aromatic heterocycles. The second-order valence-electron chi connectivity index (χ2n) is 6.92. The van der Waals surface area contributed by atoms with Crippen molar-refractivity contribution in [3.8, 4) is 17.2 Å². The number of hydrogen-bond donors (Lipinski definition) is 2. The van der Waals surface area contributed by atoms with Gasteiger partial charge < -0.3 is 29.2 Å². The summed E-state index contributed by atoms with van der Waals surface area (Å²) in [6.07, 6.45) is 0.910. The number of aliphatic hydroxyl groups excluding tert-OH is 1. The molecule has 3 rings (SSSR count). The Morgan fingerprint density at radius 1 is 1.21 bits per heavy atom. The molecule has 2 N–H and O–H groups in total. The van der Waals surface area contributed by atoms with E-state index in [0.29, 0.717) is 6.42 Å². The number of Topliss-reactive ketones (excluding diaryl/α,β-unsaturated/α-hetero) is 1. The third-order valence-electron chi connectivity index (χ3n) is 4.92. The molecule has 2 aliphatic heterocycles. The lowest BCUT2D eigenvalue weighted by atomic mass is 9.94. The maximum Gasteiger partial charge on any atom is 0.342 e. The number of phenols is 1. The molecule has 1 saturated heterocycles. The van der Waals surface area contributed by atoms with Crippen LogP contribution in [0.15, 0.2) is 12.1 Å². The molecule has 0 radical (unpaired) electrons. The maximum atomic E-state index is 12.7. The van der Waals surface area contributed by atoms with E-state index in [2.05, 4.69) is 0 Å². The number of hydrogen-bond acceptors (Lipinski definition) is 8. The van der Waals surface area contributed by atoms with Gasteiger partial charge in [0.15, 0.2) is 17.3 Å². The predicted molar refractivity (Wildman–Crippen MR) is 98.6 cm³/mol. The fourth-order valence-electron chi connectivity index (χ4n) is 3.61. The van der Waals surface area contributed by atoms with E-state index < -0.39 is 30.4 Å². The smallest absolute Gasteiger partial charge is 0.342 e. The van der Waals surface area contributed by atoms with Gasteiger partial charge in [0.05, 0.1) is 26.4 Å². The van der Waals surface area contributed by atoms with E-state index in [0.717, 1.165) is 0 Å². The number of aliphatic hydroxyl groups is 1. The molecule has 0 aliphatic carbocycles. The zero-order valence-corrected chi connectivity index (χ0v) is 16.0. The molecule has 1 aromatic rings. The van der Waals surface area contributed by atoms with Crippen LogP contribution in [0.1, 0.15) is 42.1 Å². The van der Waals surface area contributed by atoms with Crippen LogP contribution in [-0.4, -0.2) is 60.6 Å². The van der Waals surface area contributed by atoms with Crippen LogP contribution in [-0.2, 0) is 14.3 Å². The SMILES string of the molecule is COc1cc(O)c2c(c1OC)C=CC[C@@H]1O[C@H](CC(=O)[C@H]1O)C[C@H](C)OC2=O. The van der Waals surface area contributed by atoms with E-state index in [-0.39, 0.29) is 47.0 Å². The third kappa shape index (κ3) is 3.83. The summed E-state index contributed by atoms with van der Waals surface area (Å²) in [5.74, 6) is -0.793. The predicted octanol–water partition coefficient (Wildman–Crippen LogP) is 1.85. The zero-order valence-electron chi connectivity index (χ0n) is 16.0. The van der Waals surface area contributed by atoms with Gasteiger partial charge in [-0.15, -0.1) is 0 Å². The molecular weight excluding hydrogens is 368 g/mol. The summed E-state index contributed by atoms with van der Waals surface area (Å²) in [4.78, 5) is 24.8. The maximum absolute atomic E-state index is 12.7. The van der Waals surface area contributed by atoms with Gasteiger partial charge in [-0.1, -0.05) is 12.2 Å². The van der Waals surface area contributed by atoms with Crippen LogP contribution in [0.25, 0.3) is 6.08 Å². The molecule has 0 spiro atoms. The first-order valence-electron chi connectivity index (χ1n) is 9.07. The van der Waals surface area contributed by atoms with Gasteiger partial charge in [-0.2, -0.15) is 0 Å². The van der Waals surface area contributed by atoms with Crippen molar-refractivity contribution in [1.82, 2.24) is 0 Å². The number of ketones is 1. The Morgan fingerprint density at radius 2 is 1.96 bits per heavy atom. The highest BCUT2D eigenvalue weighted by Crippen LogP contribution is 2.41. The molecule has 8 heteroatoms. The number of carbonyl (C=O) groups is 2. The van der Waals surface area contributed by atoms with E-state index in [4.69, 9.17) is 18.9 Å². The van der Waals surface area contributed by atoms with Gasteiger partial charge in [-0.05, 0) is 13.3 Å². The van der Waals surface area contributed by atoms with Crippen molar-refractivity contribution in [3.63, 3.8) is 0 Å². The minimum absolute atomic E-state index is 0.0379. The molecule has 1 aromatic carbocycles. The van der Waals surface area contributed by atoms with E-state index in [1.165, 1.54) is 20.3 Å². The summed E-state index contributed by atoms with van der Waals surface area (Å²) in [7, 11) is 2.84. The van der Waals surface area contributed by atoms with E-state index in [1.807, 2.05) is 0 Å². The van der Waals surface area contributed by atoms with Crippen molar-refractivity contribution in [2.45, 2.75) is 50.6 Å². The molecule has 0 unspecified atom stereocenters. The van der Waals surface area contributed by atoms with Crippen LogP contribution in [0, 0.1) is 0 Å².